The summed E-state index contributed by atoms with van der Waals surface area (Å²) in [6.45, 7) is 6.49. The Labute approximate surface area is 330 Å². The minimum atomic E-state index is -0.603. The molecule has 0 saturated carbocycles. The number of aromatic nitrogens is 1. The standard InChI is InChI=1S/C46H53N3O7/c1-7-10-11-12-19-24-34-25-36-42(37(28-47)41(34)35-26-38(52-4)45(54-6)39(27-35)53-5)49(31-40(50)55-8-2)44(46(51)56-9-3)43(36)48(29-32-20-15-13-16-21-32)30-33-22-17-14-18-23-33/h13-18,20-23,25-27H,7-12,19,24,29-31H2,1-6H3. The molecular formula is C46H53N3O7. The average Bonchev–Trinajstić information content (AvgIpc) is 3.53. The number of carbonyl (C=O) groups excluding carboxylic acids is 2. The van der Waals surface area contributed by atoms with Gasteiger partial charge in [-0.25, -0.2) is 4.79 Å². The van der Waals surface area contributed by atoms with Crippen LogP contribution in [0.25, 0.3) is 22.0 Å². The Kier molecular flexibility index (Phi) is 14.8. The Morgan fingerprint density at radius 2 is 1.34 bits per heavy atom. The fourth-order valence-electron chi connectivity index (χ4n) is 7.38. The summed E-state index contributed by atoms with van der Waals surface area (Å²) in [5, 5.41) is 12.0. The van der Waals surface area contributed by atoms with Crippen molar-refractivity contribution in [1.82, 2.24) is 4.57 Å². The summed E-state index contributed by atoms with van der Waals surface area (Å²) in [6, 6.07) is 28.4. The number of esters is 2. The first kappa shape index (κ1) is 41.2. The van der Waals surface area contributed by atoms with Crippen molar-refractivity contribution in [3.05, 3.63) is 107 Å². The molecule has 0 fully saturated rings. The number of aryl methyl sites for hydroxylation is 1. The number of rotatable bonds is 20. The number of nitrogens with zero attached hydrogens (tertiary/aromatic N) is 3. The van der Waals surface area contributed by atoms with E-state index in [-0.39, 0.29) is 25.5 Å². The first-order chi connectivity index (χ1) is 27.3. The van der Waals surface area contributed by atoms with E-state index in [4.69, 9.17) is 23.7 Å². The first-order valence-corrected chi connectivity index (χ1v) is 19.4. The zero-order valence-electron chi connectivity index (χ0n) is 33.5. The Hall–Kier alpha value is -5.95. The van der Waals surface area contributed by atoms with Crippen molar-refractivity contribution in [2.75, 3.05) is 39.4 Å². The van der Waals surface area contributed by atoms with Gasteiger partial charge < -0.3 is 33.2 Å². The number of hydrogen-bond donors (Lipinski definition) is 0. The molecule has 1 aromatic heterocycles. The molecule has 0 aliphatic carbocycles. The van der Waals surface area contributed by atoms with Crippen LogP contribution in [0.2, 0.25) is 0 Å². The van der Waals surface area contributed by atoms with E-state index in [9.17, 15) is 14.9 Å². The summed E-state index contributed by atoms with van der Waals surface area (Å²) in [7, 11) is 4.66. The summed E-state index contributed by atoms with van der Waals surface area (Å²) in [4.78, 5) is 30.0. The Morgan fingerprint density at radius 3 is 1.86 bits per heavy atom. The third-order valence-electron chi connectivity index (χ3n) is 9.83. The van der Waals surface area contributed by atoms with Crippen LogP contribution < -0.4 is 19.1 Å². The molecule has 0 bridgehead atoms. The van der Waals surface area contributed by atoms with Crippen LogP contribution in [0.1, 0.15) is 85.6 Å². The normalized spacial score (nSPS) is 10.9. The number of nitriles is 1. The molecule has 10 heteroatoms. The number of methoxy groups -OCH3 is 3. The Bertz CT molecular complexity index is 2070. The molecule has 4 aromatic carbocycles. The summed E-state index contributed by atoms with van der Waals surface area (Å²) >= 11 is 0. The summed E-state index contributed by atoms with van der Waals surface area (Å²) in [5.74, 6) is 0.151. The second-order valence-electron chi connectivity index (χ2n) is 13.5. The van der Waals surface area contributed by atoms with E-state index in [0.717, 1.165) is 48.8 Å². The smallest absolute Gasteiger partial charge is 0.357 e. The van der Waals surface area contributed by atoms with E-state index < -0.39 is 11.9 Å². The van der Waals surface area contributed by atoms with Crippen LogP contribution in [0, 0.1) is 11.3 Å². The van der Waals surface area contributed by atoms with Gasteiger partial charge in [0.1, 0.15) is 12.6 Å². The molecule has 10 nitrogen and oxygen atoms in total. The molecule has 0 atom stereocenters. The van der Waals surface area contributed by atoms with Crippen molar-refractivity contribution in [2.24, 2.45) is 0 Å². The molecule has 0 N–H and O–H groups in total. The molecule has 0 spiro atoms. The van der Waals surface area contributed by atoms with Crippen molar-refractivity contribution in [3.63, 3.8) is 0 Å². The number of anilines is 1. The van der Waals surface area contributed by atoms with Crippen molar-refractivity contribution in [3.8, 4) is 34.4 Å². The number of fused-ring (bicyclic) bond motifs is 1. The third kappa shape index (κ3) is 9.28. The van der Waals surface area contributed by atoms with Crippen molar-refractivity contribution in [1.29, 1.82) is 5.26 Å². The SMILES string of the molecule is CCCCCCCc1cc2c(N(Cc3ccccc3)Cc3ccccc3)c(C(=O)OCC)n(CC(=O)OCC)c2c(C#N)c1-c1cc(OC)c(OC)c(OC)c1. The Balaban J connectivity index is 1.94. The lowest BCUT2D eigenvalue weighted by Gasteiger charge is -2.26. The highest BCUT2D eigenvalue weighted by Crippen LogP contribution is 2.47. The van der Waals surface area contributed by atoms with Gasteiger partial charge in [-0.3, -0.25) is 4.79 Å². The number of unbranched alkanes of at least 4 members (excludes halogenated alkanes) is 4. The van der Waals surface area contributed by atoms with Gasteiger partial charge in [0.25, 0.3) is 0 Å². The lowest BCUT2D eigenvalue weighted by atomic mass is 9.89. The predicted octanol–water partition coefficient (Wildman–Crippen LogP) is 9.67. The zero-order valence-corrected chi connectivity index (χ0v) is 33.5. The average molecular weight is 760 g/mol. The molecule has 0 aliphatic heterocycles. The van der Waals surface area contributed by atoms with Crippen LogP contribution in [0.3, 0.4) is 0 Å². The topological polar surface area (TPSA) is 112 Å². The highest BCUT2D eigenvalue weighted by molar-refractivity contribution is 6.11. The lowest BCUT2D eigenvalue weighted by Crippen LogP contribution is -2.26. The van der Waals surface area contributed by atoms with Crippen LogP contribution in [-0.2, 0) is 40.3 Å². The molecule has 294 valence electrons. The van der Waals surface area contributed by atoms with Gasteiger partial charge in [-0.2, -0.15) is 5.26 Å². The van der Waals surface area contributed by atoms with Gasteiger partial charge in [0, 0.05) is 24.0 Å². The maximum Gasteiger partial charge on any atom is 0.357 e. The molecule has 5 rings (SSSR count). The number of hydrogen-bond acceptors (Lipinski definition) is 9. The largest absolute Gasteiger partial charge is 0.493 e. The second kappa shape index (κ2) is 20.1. The van der Waals surface area contributed by atoms with Crippen molar-refractivity contribution in [2.45, 2.75) is 78.9 Å². The van der Waals surface area contributed by atoms with Crippen LogP contribution in [-0.4, -0.2) is 51.0 Å². The van der Waals surface area contributed by atoms with Gasteiger partial charge in [-0.15, -0.1) is 0 Å². The molecule has 0 saturated heterocycles. The quantitative estimate of drug-likeness (QED) is 0.0566. The number of benzene rings is 4. The summed E-state index contributed by atoms with van der Waals surface area (Å²) in [5.41, 5.74) is 5.80. The highest BCUT2D eigenvalue weighted by Gasteiger charge is 2.33. The van der Waals surface area contributed by atoms with Crippen molar-refractivity contribution < 1.29 is 33.3 Å². The van der Waals surface area contributed by atoms with Gasteiger partial charge in [0.15, 0.2) is 17.2 Å². The minimum absolute atomic E-state index is 0.112. The van der Waals surface area contributed by atoms with Crippen LogP contribution >= 0.6 is 0 Å². The molecule has 56 heavy (non-hydrogen) atoms. The van der Waals surface area contributed by atoms with Crippen LogP contribution in [0.5, 0.6) is 17.2 Å². The van der Waals surface area contributed by atoms with Crippen LogP contribution in [0.4, 0.5) is 5.69 Å². The summed E-state index contributed by atoms with van der Waals surface area (Å²) < 4.78 is 30.1. The van der Waals surface area contributed by atoms with E-state index in [1.54, 1.807) is 39.7 Å². The van der Waals surface area contributed by atoms with Gasteiger partial charge >= 0.3 is 11.9 Å². The molecule has 0 radical (unpaired) electrons. The molecule has 5 aromatic rings. The molecule has 1 heterocycles. The summed E-state index contributed by atoms with van der Waals surface area (Å²) in [6.07, 6.45) is 5.92. The fourth-order valence-corrected chi connectivity index (χ4v) is 7.38. The lowest BCUT2D eigenvalue weighted by molar-refractivity contribution is -0.143. The first-order valence-electron chi connectivity index (χ1n) is 19.4. The van der Waals surface area contributed by atoms with E-state index in [2.05, 4.69) is 24.0 Å². The molecule has 0 aliphatic rings. The predicted molar refractivity (Wildman–Crippen MR) is 220 cm³/mol. The van der Waals surface area contributed by atoms with E-state index in [1.165, 1.54) is 0 Å². The number of carbonyl (C=O) groups is 2. The molecule has 0 amide bonds. The fraction of sp³-hybridized carbons (Fsp3) is 0.370. The van der Waals surface area contributed by atoms with Gasteiger partial charge in [0.2, 0.25) is 5.75 Å². The highest BCUT2D eigenvalue weighted by atomic mass is 16.5. The van der Waals surface area contributed by atoms with E-state index in [1.807, 2.05) is 72.8 Å². The van der Waals surface area contributed by atoms with Gasteiger partial charge in [0.05, 0.1) is 51.3 Å². The molecular weight excluding hydrogens is 707 g/mol. The van der Waals surface area contributed by atoms with E-state index in [0.29, 0.717) is 70.0 Å². The van der Waals surface area contributed by atoms with Gasteiger partial charge in [-0.1, -0.05) is 93.3 Å². The Morgan fingerprint density at radius 1 is 0.750 bits per heavy atom. The van der Waals surface area contributed by atoms with Gasteiger partial charge in [-0.05, 0) is 67.1 Å². The second-order valence-corrected chi connectivity index (χ2v) is 13.5. The van der Waals surface area contributed by atoms with E-state index >= 15 is 0 Å². The van der Waals surface area contributed by atoms with Crippen molar-refractivity contribution >= 4 is 28.5 Å². The molecule has 0 unspecified atom stereocenters. The van der Waals surface area contributed by atoms with Crippen LogP contribution in [0.15, 0.2) is 78.9 Å². The zero-order chi connectivity index (χ0) is 40.0. The minimum Gasteiger partial charge on any atom is -0.493 e. The third-order valence-corrected chi connectivity index (χ3v) is 9.83. The number of ether oxygens (including phenoxy) is 5. The maximum absolute atomic E-state index is 14.4. The maximum atomic E-state index is 14.4. The monoisotopic (exact) mass is 759 g/mol.